The van der Waals surface area contributed by atoms with Gasteiger partial charge in [-0.05, 0) is 48.7 Å². The van der Waals surface area contributed by atoms with E-state index in [4.69, 9.17) is 0 Å². The summed E-state index contributed by atoms with van der Waals surface area (Å²) in [5.41, 5.74) is 0.0544. The van der Waals surface area contributed by atoms with Crippen LogP contribution >= 0.6 is 0 Å². The molecule has 0 aromatic carbocycles. The number of carbonyl (C=O) groups is 2. The van der Waals surface area contributed by atoms with Gasteiger partial charge in [0, 0.05) is 0 Å². The molecular formula is C14H18Na2O4. The molecule has 0 heterocycles. The first kappa shape index (κ1) is 20.7. The van der Waals surface area contributed by atoms with Crippen LogP contribution in [0.15, 0.2) is 11.1 Å². The van der Waals surface area contributed by atoms with Crippen LogP contribution in [-0.2, 0) is 9.59 Å². The summed E-state index contributed by atoms with van der Waals surface area (Å²) in [6, 6.07) is 0. The largest absolute Gasteiger partial charge is 1.00 e. The fourth-order valence-corrected chi connectivity index (χ4v) is 3.42. The Hall–Kier alpha value is 0.680. The Bertz CT molecular complexity index is 345. The number of hydrogen-bond donors (Lipinski definition) is 0. The van der Waals surface area contributed by atoms with Crippen molar-refractivity contribution in [3.8, 4) is 0 Å². The molecular weight excluding hydrogens is 278 g/mol. The Kier molecular flexibility index (Phi) is 9.98. The molecule has 0 radical (unpaired) electrons. The van der Waals surface area contributed by atoms with Crippen LogP contribution in [0.1, 0.15) is 51.4 Å². The molecule has 0 unspecified atom stereocenters. The number of carboxylic acids is 2. The maximum absolute atomic E-state index is 11.3. The van der Waals surface area contributed by atoms with E-state index < -0.39 is 11.9 Å². The summed E-state index contributed by atoms with van der Waals surface area (Å²) in [4.78, 5) is 22.7. The predicted molar refractivity (Wildman–Crippen MR) is 61.0 cm³/mol. The normalized spacial score (nSPS) is 20.8. The summed E-state index contributed by atoms with van der Waals surface area (Å²) >= 11 is 0. The molecule has 2 aliphatic rings. The van der Waals surface area contributed by atoms with E-state index in [-0.39, 0.29) is 82.1 Å². The summed E-state index contributed by atoms with van der Waals surface area (Å²) in [5.74, 6) is -2.92. The Morgan fingerprint density at radius 3 is 1.10 bits per heavy atom. The van der Waals surface area contributed by atoms with Gasteiger partial charge in [0.15, 0.2) is 0 Å². The van der Waals surface area contributed by atoms with Gasteiger partial charge < -0.3 is 19.8 Å². The Balaban J connectivity index is 0.00000180. The smallest absolute Gasteiger partial charge is 0.545 e. The maximum Gasteiger partial charge on any atom is 1.00 e. The standard InChI is InChI=1S/C14H20O4.2Na/c15-13(16)11(9-5-1-2-6-9)12(14(17)18)10-7-3-4-8-10;;/h9-10H,1-8H2,(H,15,16)(H,17,18);;/q;2*+1/p-2/b12-11-;;. The van der Waals surface area contributed by atoms with Crippen LogP contribution in [0.2, 0.25) is 0 Å². The molecule has 0 N–H and O–H groups in total. The van der Waals surface area contributed by atoms with Gasteiger partial charge in [0.1, 0.15) is 0 Å². The fourth-order valence-electron chi connectivity index (χ4n) is 3.42. The molecule has 2 fully saturated rings. The van der Waals surface area contributed by atoms with Gasteiger partial charge in [-0.2, -0.15) is 0 Å². The van der Waals surface area contributed by atoms with Crippen molar-refractivity contribution < 1.29 is 78.9 Å². The number of carbonyl (C=O) groups excluding carboxylic acids is 2. The number of rotatable bonds is 4. The zero-order valence-electron chi connectivity index (χ0n) is 12.4. The minimum atomic E-state index is -1.31. The van der Waals surface area contributed by atoms with Crippen molar-refractivity contribution in [2.45, 2.75) is 51.4 Å². The first-order valence-electron chi connectivity index (χ1n) is 6.78. The molecule has 2 rings (SSSR count). The van der Waals surface area contributed by atoms with E-state index in [1.54, 1.807) is 0 Å². The summed E-state index contributed by atoms with van der Waals surface area (Å²) in [6.45, 7) is 0. The molecule has 0 spiro atoms. The molecule has 20 heavy (non-hydrogen) atoms. The minimum Gasteiger partial charge on any atom is -0.545 e. The van der Waals surface area contributed by atoms with Gasteiger partial charge >= 0.3 is 59.1 Å². The second-order valence-corrected chi connectivity index (χ2v) is 5.37. The van der Waals surface area contributed by atoms with Crippen molar-refractivity contribution in [1.82, 2.24) is 0 Å². The SMILES string of the molecule is O=C([O-])/C(=C(\C(=O)[O-])C1CCCC1)C1CCCC1.[Na+].[Na+]. The average molecular weight is 296 g/mol. The zero-order valence-corrected chi connectivity index (χ0v) is 16.4. The van der Waals surface area contributed by atoms with Crippen molar-refractivity contribution in [1.29, 1.82) is 0 Å². The molecule has 0 aromatic heterocycles. The van der Waals surface area contributed by atoms with Gasteiger partial charge in [0.05, 0.1) is 11.9 Å². The molecule has 0 amide bonds. The summed E-state index contributed by atoms with van der Waals surface area (Å²) in [7, 11) is 0. The minimum absolute atomic E-state index is 0. The van der Waals surface area contributed by atoms with Crippen LogP contribution in [0.4, 0.5) is 0 Å². The molecule has 4 nitrogen and oxygen atoms in total. The van der Waals surface area contributed by atoms with E-state index in [0.717, 1.165) is 51.4 Å². The van der Waals surface area contributed by atoms with Gasteiger partial charge in [0.2, 0.25) is 0 Å². The van der Waals surface area contributed by atoms with Crippen LogP contribution in [0, 0.1) is 11.8 Å². The van der Waals surface area contributed by atoms with Crippen LogP contribution in [-0.4, -0.2) is 11.9 Å². The third-order valence-corrected chi connectivity index (χ3v) is 4.26. The van der Waals surface area contributed by atoms with Crippen molar-refractivity contribution in [2.75, 3.05) is 0 Å². The van der Waals surface area contributed by atoms with Gasteiger partial charge in [-0.1, -0.05) is 25.7 Å². The monoisotopic (exact) mass is 296 g/mol. The quantitative estimate of drug-likeness (QED) is 0.382. The maximum atomic E-state index is 11.3. The Morgan fingerprint density at radius 2 is 0.900 bits per heavy atom. The predicted octanol–water partition coefficient (Wildman–Crippen LogP) is -5.83. The van der Waals surface area contributed by atoms with E-state index in [0.29, 0.717) is 0 Å². The van der Waals surface area contributed by atoms with Crippen molar-refractivity contribution in [3.63, 3.8) is 0 Å². The van der Waals surface area contributed by atoms with Crippen LogP contribution in [0.3, 0.4) is 0 Å². The summed E-state index contributed by atoms with van der Waals surface area (Å²) in [6.07, 6.45) is 6.89. The van der Waals surface area contributed by atoms with Crippen molar-refractivity contribution >= 4 is 11.9 Å². The molecule has 2 aliphatic carbocycles. The number of carboxylic acid groups (broad SMARTS) is 2. The third kappa shape index (κ3) is 4.85. The second-order valence-electron chi connectivity index (χ2n) is 5.37. The van der Waals surface area contributed by atoms with Crippen LogP contribution in [0.25, 0.3) is 0 Å². The van der Waals surface area contributed by atoms with Crippen LogP contribution < -0.4 is 69.3 Å². The van der Waals surface area contributed by atoms with Crippen molar-refractivity contribution in [3.05, 3.63) is 11.1 Å². The molecule has 100 valence electrons. The van der Waals surface area contributed by atoms with Crippen molar-refractivity contribution in [2.24, 2.45) is 11.8 Å². The molecule has 0 aliphatic heterocycles. The summed E-state index contributed by atoms with van der Waals surface area (Å²) in [5, 5.41) is 22.7. The average Bonchev–Trinajstić information content (AvgIpc) is 2.97. The van der Waals surface area contributed by atoms with Gasteiger partial charge in [-0.15, -0.1) is 0 Å². The molecule has 0 aromatic rings. The topological polar surface area (TPSA) is 80.3 Å². The van der Waals surface area contributed by atoms with Gasteiger partial charge in [-0.3, -0.25) is 0 Å². The Morgan fingerprint density at radius 1 is 0.650 bits per heavy atom. The fraction of sp³-hybridized carbons (Fsp3) is 0.714. The number of hydrogen-bond acceptors (Lipinski definition) is 4. The molecule has 0 atom stereocenters. The zero-order chi connectivity index (χ0) is 13.1. The van der Waals surface area contributed by atoms with Gasteiger partial charge in [-0.25, -0.2) is 0 Å². The number of aliphatic carboxylic acids is 2. The molecule has 0 bridgehead atoms. The third-order valence-electron chi connectivity index (χ3n) is 4.26. The summed E-state index contributed by atoms with van der Waals surface area (Å²) < 4.78 is 0. The first-order chi connectivity index (χ1) is 8.61. The second kappa shape index (κ2) is 9.65. The first-order valence-corrected chi connectivity index (χ1v) is 6.78. The van der Waals surface area contributed by atoms with Crippen LogP contribution in [0.5, 0.6) is 0 Å². The van der Waals surface area contributed by atoms with E-state index in [9.17, 15) is 19.8 Å². The van der Waals surface area contributed by atoms with E-state index in [1.807, 2.05) is 0 Å². The van der Waals surface area contributed by atoms with E-state index >= 15 is 0 Å². The van der Waals surface area contributed by atoms with Gasteiger partial charge in [0.25, 0.3) is 0 Å². The molecule has 2 saturated carbocycles. The molecule has 6 heteroatoms. The van der Waals surface area contributed by atoms with E-state index in [2.05, 4.69) is 0 Å². The molecule has 0 saturated heterocycles. The van der Waals surface area contributed by atoms with E-state index in [1.165, 1.54) is 0 Å². The Labute approximate surface area is 164 Å².